The molecule has 2 aromatic carbocycles. The molecule has 0 N–H and O–H groups in total. The summed E-state index contributed by atoms with van der Waals surface area (Å²) < 4.78 is 12.5. The number of rotatable bonds is 6. The first kappa shape index (κ1) is 21.3. The number of nitrogens with zero attached hydrogens (tertiary/aromatic N) is 4. The Labute approximate surface area is 196 Å². The van der Waals surface area contributed by atoms with E-state index in [-0.39, 0.29) is 5.91 Å². The molecule has 1 aliphatic rings. The number of hydrogen-bond acceptors (Lipinski definition) is 6. The van der Waals surface area contributed by atoms with Crippen molar-refractivity contribution in [1.29, 1.82) is 0 Å². The molecular formula is C25H26N4O3S. The third-order valence-electron chi connectivity index (χ3n) is 6.07. The standard InChI is InChI=1S/C25H26N4O3S/c1-31-21-7-3-18(4-8-21)23-16-29-20(17-33-25(29)26-23)15-24(30)28-13-11-27(12-14-28)19-5-9-22(32-2)10-6-19/h3-10,16-17H,11-15H2,1-2H3. The number of hydrogen-bond donors (Lipinski definition) is 0. The number of thiazole rings is 1. The number of anilines is 1. The Kier molecular flexibility index (Phi) is 5.92. The zero-order chi connectivity index (χ0) is 22.8. The van der Waals surface area contributed by atoms with E-state index >= 15 is 0 Å². The summed E-state index contributed by atoms with van der Waals surface area (Å²) in [5.41, 5.74) is 4.06. The summed E-state index contributed by atoms with van der Waals surface area (Å²) in [4.78, 5) is 22.9. The lowest BCUT2D eigenvalue weighted by Crippen LogP contribution is -2.49. The van der Waals surface area contributed by atoms with Gasteiger partial charge in [0.25, 0.3) is 0 Å². The zero-order valence-corrected chi connectivity index (χ0v) is 19.5. The van der Waals surface area contributed by atoms with Crippen molar-refractivity contribution in [3.05, 3.63) is 65.8 Å². The van der Waals surface area contributed by atoms with Crippen LogP contribution in [0.15, 0.2) is 60.1 Å². The van der Waals surface area contributed by atoms with Crippen molar-refractivity contribution in [2.24, 2.45) is 0 Å². The number of carbonyl (C=O) groups excluding carboxylic acids is 1. The predicted octanol–water partition coefficient (Wildman–Crippen LogP) is 3.97. The first-order chi connectivity index (χ1) is 16.1. The van der Waals surface area contributed by atoms with Crippen LogP contribution in [0.25, 0.3) is 16.2 Å². The van der Waals surface area contributed by atoms with E-state index < -0.39 is 0 Å². The van der Waals surface area contributed by atoms with Crippen molar-refractivity contribution in [2.75, 3.05) is 45.3 Å². The van der Waals surface area contributed by atoms with E-state index in [1.165, 1.54) is 0 Å². The van der Waals surface area contributed by atoms with E-state index in [1.807, 2.05) is 57.3 Å². The molecule has 1 amide bonds. The molecule has 170 valence electrons. The van der Waals surface area contributed by atoms with Gasteiger partial charge in [-0.05, 0) is 48.5 Å². The molecule has 0 saturated carbocycles. The summed E-state index contributed by atoms with van der Waals surface area (Å²) in [5, 5.41) is 2.03. The summed E-state index contributed by atoms with van der Waals surface area (Å²) >= 11 is 1.56. The van der Waals surface area contributed by atoms with Gasteiger partial charge in [-0.1, -0.05) is 0 Å². The van der Waals surface area contributed by atoms with Crippen LogP contribution < -0.4 is 14.4 Å². The van der Waals surface area contributed by atoms with E-state index in [9.17, 15) is 4.79 Å². The lowest BCUT2D eigenvalue weighted by Gasteiger charge is -2.36. The second kappa shape index (κ2) is 9.15. The lowest BCUT2D eigenvalue weighted by molar-refractivity contribution is -0.130. The molecule has 7 nitrogen and oxygen atoms in total. The van der Waals surface area contributed by atoms with Crippen LogP contribution in [0.3, 0.4) is 0 Å². The van der Waals surface area contributed by atoms with Gasteiger partial charge >= 0.3 is 0 Å². The molecule has 0 radical (unpaired) electrons. The molecule has 0 spiro atoms. The van der Waals surface area contributed by atoms with Gasteiger partial charge in [-0.25, -0.2) is 4.98 Å². The van der Waals surface area contributed by atoms with Crippen molar-refractivity contribution in [1.82, 2.24) is 14.3 Å². The second-order valence-electron chi connectivity index (χ2n) is 7.98. The highest BCUT2D eigenvalue weighted by Gasteiger charge is 2.23. The van der Waals surface area contributed by atoms with Crippen LogP contribution in [0.4, 0.5) is 5.69 Å². The number of ether oxygens (including phenoxy) is 2. The van der Waals surface area contributed by atoms with Crippen LogP contribution in [0, 0.1) is 0 Å². The molecule has 8 heteroatoms. The molecule has 3 heterocycles. The number of piperazine rings is 1. The molecule has 1 fully saturated rings. The summed E-state index contributed by atoms with van der Waals surface area (Å²) in [6, 6.07) is 15.9. The minimum atomic E-state index is 0.156. The Hall–Kier alpha value is -3.52. The molecule has 0 aliphatic carbocycles. The number of carbonyl (C=O) groups is 1. The van der Waals surface area contributed by atoms with Gasteiger partial charge in [-0.15, -0.1) is 11.3 Å². The minimum Gasteiger partial charge on any atom is -0.497 e. The van der Waals surface area contributed by atoms with Crippen LogP contribution in [-0.4, -0.2) is 60.6 Å². The van der Waals surface area contributed by atoms with Gasteiger partial charge in [0.05, 0.1) is 26.3 Å². The predicted molar refractivity (Wildman–Crippen MR) is 131 cm³/mol. The van der Waals surface area contributed by atoms with E-state index in [0.29, 0.717) is 6.42 Å². The summed E-state index contributed by atoms with van der Waals surface area (Å²) in [6.45, 7) is 3.09. The summed E-state index contributed by atoms with van der Waals surface area (Å²) in [7, 11) is 3.33. The molecule has 2 aromatic heterocycles. The topological polar surface area (TPSA) is 59.3 Å². The fraction of sp³-hybridized carbons (Fsp3) is 0.280. The van der Waals surface area contributed by atoms with Crippen molar-refractivity contribution in [3.8, 4) is 22.8 Å². The van der Waals surface area contributed by atoms with Crippen LogP contribution in [0.5, 0.6) is 11.5 Å². The Balaban J connectivity index is 1.23. The highest BCUT2D eigenvalue weighted by Crippen LogP contribution is 2.26. The number of aromatic nitrogens is 2. The van der Waals surface area contributed by atoms with E-state index in [4.69, 9.17) is 14.5 Å². The largest absolute Gasteiger partial charge is 0.497 e. The van der Waals surface area contributed by atoms with Gasteiger partial charge in [0.15, 0.2) is 4.96 Å². The molecule has 1 aliphatic heterocycles. The fourth-order valence-corrected chi connectivity index (χ4v) is 5.00. The SMILES string of the molecule is COc1ccc(-c2cn3c(CC(=O)N4CCN(c5ccc(OC)cc5)CC4)csc3n2)cc1. The van der Waals surface area contributed by atoms with E-state index in [1.54, 1.807) is 25.6 Å². The maximum Gasteiger partial charge on any atom is 0.228 e. The molecule has 1 saturated heterocycles. The van der Waals surface area contributed by atoms with Gasteiger partial charge in [-0.3, -0.25) is 9.20 Å². The van der Waals surface area contributed by atoms with Crippen LogP contribution in [0.1, 0.15) is 5.69 Å². The number of fused-ring (bicyclic) bond motifs is 1. The zero-order valence-electron chi connectivity index (χ0n) is 18.7. The average molecular weight is 463 g/mol. The van der Waals surface area contributed by atoms with Gasteiger partial charge in [0.1, 0.15) is 11.5 Å². The number of amides is 1. The maximum atomic E-state index is 13.0. The average Bonchev–Trinajstić information content (AvgIpc) is 3.46. The second-order valence-corrected chi connectivity index (χ2v) is 8.81. The monoisotopic (exact) mass is 462 g/mol. The van der Waals surface area contributed by atoms with Crippen LogP contribution in [-0.2, 0) is 11.2 Å². The fourth-order valence-electron chi connectivity index (χ4n) is 4.13. The number of methoxy groups -OCH3 is 2. The summed E-state index contributed by atoms with van der Waals surface area (Å²) in [6.07, 6.45) is 2.39. The minimum absolute atomic E-state index is 0.156. The van der Waals surface area contributed by atoms with Crippen molar-refractivity contribution >= 4 is 27.9 Å². The quantitative estimate of drug-likeness (QED) is 0.434. The highest BCUT2D eigenvalue weighted by molar-refractivity contribution is 7.15. The highest BCUT2D eigenvalue weighted by atomic mass is 32.1. The Bertz CT molecular complexity index is 1240. The maximum absolute atomic E-state index is 13.0. The van der Waals surface area contributed by atoms with Crippen molar-refractivity contribution < 1.29 is 14.3 Å². The molecule has 0 atom stereocenters. The molecule has 4 aromatic rings. The van der Waals surface area contributed by atoms with Gasteiger partial charge in [0.2, 0.25) is 5.91 Å². The number of imidazole rings is 1. The molecular weight excluding hydrogens is 436 g/mol. The van der Waals surface area contributed by atoms with Crippen LogP contribution >= 0.6 is 11.3 Å². The van der Waals surface area contributed by atoms with Gasteiger partial charge in [0, 0.05) is 54.7 Å². The third-order valence-corrected chi connectivity index (χ3v) is 6.96. The number of benzene rings is 2. The Morgan fingerprint density at radius 3 is 2.21 bits per heavy atom. The summed E-state index contributed by atoms with van der Waals surface area (Å²) in [5.74, 6) is 1.83. The van der Waals surface area contributed by atoms with Gasteiger partial charge < -0.3 is 19.3 Å². The Morgan fingerprint density at radius 2 is 1.58 bits per heavy atom. The van der Waals surface area contributed by atoms with Gasteiger partial charge in [-0.2, -0.15) is 0 Å². The molecule has 33 heavy (non-hydrogen) atoms. The van der Waals surface area contributed by atoms with E-state index in [0.717, 1.165) is 65.3 Å². The molecule has 0 bridgehead atoms. The molecule has 0 unspecified atom stereocenters. The lowest BCUT2D eigenvalue weighted by atomic mass is 10.1. The normalized spacial score (nSPS) is 14.0. The molecule has 5 rings (SSSR count). The third kappa shape index (κ3) is 4.39. The van der Waals surface area contributed by atoms with E-state index in [2.05, 4.69) is 17.0 Å². The smallest absolute Gasteiger partial charge is 0.228 e. The van der Waals surface area contributed by atoms with Crippen molar-refractivity contribution in [2.45, 2.75) is 6.42 Å². The van der Waals surface area contributed by atoms with Crippen LogP contribution in [0.2, 0.25) is 0 Å². The van der Waals surface area contributed by atoms with Crippen molar-refractivity contribution in [3.63, 3.8) is 0 Å². The Morgan fingerprint density at radius 1 is 0.939 bits per heavy atom. The first-order valence-electron chi connectivity index (χ1n) is 10.9. The first-order valence-corrected chi connectivity index (χ1v) is 11.8.